The molecular formula is C13H18N6O. The number of anilines is 1. The monoisotopic (exact) mass is 274 g/mol. The molecule has 7 nitrogen and oxygen atoms in total. The van der Waals surface area contributed by atoms with Gasteiger partial charge in [0.15, 0.2) is 11.5 Å². The first-order valence-electron chi connectivity index (χ1n) is 6.63. The van der Waals surface area contributed by atoms with Crippen LogP contribution in [0.2, 0.25) is 0 Å². The molecule has 2 rings (SSSR count). The molecule has 0 saturated heterocycles. The molecule has 0 aliphatic carbocycles. The number of aliphatic hydroxyl groups excluding tert-OH is 1. The van der Waals surface area contributed by atoms with Crippen LogP contribution in [0.25, 0.3) is 11.2 Å². The Bertz CT molecular complexity index is 602. The fourth-order valence-corrected chi connectivity index (χ4v) is 1.87. The van der Waals surface area contributed by atoms with Crippen molar-refractivity contribution in [3.05, 3.63) is 12.7 Å². The fraction of sp³-hybridized carbons (Fsp3) is 0.538. The summed E-state index contributed by atoms with van der Waals surface area (Å²) in [6, 6.07) is 2.11. The van der Waals surface area contributed by atoms with Crippen molar-refractivity contribution in [3.8, 4) is 6.07 Å². The van der Waals surface area contributed by atoms with Crippen molar-refractivity contribution in [3.63, 3.8) is 0 Å². The van der Waals surface area contributed by atoms with E-state index in [9.17, 15) is 0 Å². The lowest BCUT2D eigenvalue weighted by molar-refractivity contribution is 0.233. The van der Waals surface area contributed by atoms with Crippen molar-refractivity contribution in [2.75, 3.05) is 18.5 Å². The highest BCUT2D eigenvalue weighted by Crippen LogP contribution is 2.17. The molecule has 0 bridgehead atoms. The molecule has 20 heavy (non-hydrogen) atoms. The van der Waals surface area contributed by atoms with E-state index in [1.807, 2.05) is 11.5 Å². The normalized spacial score (nSPS) is 12.2. The zero-order chi connectivity index (χ0) is 14.4. The lowest BCUT2D eigenvalue weighted by atomic mass is 10.1. The van der Waals surface area contributed by atoms with Crippen molar-refractivity contribution in [2.24, 2.45) is 5.92 Å². The highest BCUT2D eigenvalue weighted by Gasteiger charge is 2.09. The number of hydrogen-bond acceptors (Lipinski definition) is 6. The molecule has 2 aromatic heterocycles. The third kappa shape index (κ3) is 3.22. The molecule has 1 atom stereocenters. The molecule has 106 valence electrons. The van der Waals surface area contributed by atoms with E-state index in [0.717, 1.165) is 18.6 Å². The van der Waals surface area contributed by atoms with Crippen LogP contribution in [0.1, 0.15) is 19.8 Å². The molecule has 0 radical (unpaired) electrons. The molecule has 2 aromatic rings. The van der Waals surface area contributed by atoms with Crippen LogP contribution >= 0.6 is 0 Å². The van der Waals surface area contributed by atoms with Gasteiger partial charge >= 0.3 is 0 Å². The predicted molar refractivity (Wildman–Crippen MR) is 74.9 cm³/mol. The number of rotatable bonds is 7. The number of hydrogen-bond donors (Lipinski definition) is 2. The Morgan fingerprint density at radius 3 is 3.05 bits per heavy atom. The van der Waals surface area contributed by atoms with E-state index >= 15 is 0 Å². The molecule has 0 spiro atoms. The molecule has 0 aliphatic heterocycles. The van der Waals surface area contributed by atoms with E-state index in [1.54, 1.807) is 6.33 Å². The van der Waals surface area contributed by atoms with Crippen molar-refractivity contribution >= 4 is 17.0 Å². The second-order valence-corrected chi connectivity index (χ2v) is 4.74. The average molecular weight is 274 g/mol. The minimum Gasteiger partial charge on any atom is -0.396 e. The van der Waals surface area contributed by atoms with Gasteiger partial charge < -0.3 is 15.0 Å². The van der Waals surface area contributed by atoms with Crippen LogP contribution in [-0.4, -0.2) is 37.8 Å². The summed E-state index contributed by atoms with van der Waals surface area (Å²) >= 11 is 0. The van der Waals surface area contributed by atoms with Gasteiger partial charge in [-0.2, -0.15) is 5.26 Å². The first kappa shape index (κ1) is 14.2. The van der Waals surface area contributed by atoms with Gasteiger partial charge in [0.1, 0.15) is 11.8 Å². The average Bonchev–Trinajstić information content (AvgIpc) is 2.89. The maximum absolute atomic E-state index is 8.99. The topological polar surface area (TPSA) is 99.7 Å². The third-order valence-electron chi connectivity index (χ3n) is 3.11. The summed E-state index contributed by atoms with van der Waals surface area (Å²) in [5.74, 6) is 0.948. The van der Waals surface area contributed by atoms with Crippen LogP contribution in [-0.2, 0) is 6.54 Å². The summed E-state index contributed by atoms with van der Waals surface area (Å²) in [5.41, 5.74) is 1.44. The standard InChI is InChI=1S/C13H18N6O/c1-10(7-20)3-5-15-12-11-13(17-8-16-12)19(9-18-11)6-2-4-14/h8-10,20H,2-3,5-7H2,1H3,(H,15,16,17)/t10-/m1/s1. The number of imidazole rings is 1. The molecule has 2 heterocycles. The summed E-state index contributed by atoms with van der Waals surface area (Å²) in [4.78, 5) is 12.7. The van der Waals surface area contributed by atoms with Crippen LogP contribution in [0, 0.1) is 17.2 Å². The van der Waals surface area contributed by atoms with Crippen molar-refractivity contribution in [2.45, 2.75) is 26.3 Å². The van der Waals surface area contributed by atoms with E-state index in [2.05, 4.69) is 26.3 Å². The minimum absolute atomic E-state index is 0.184. The molecule has 2 N–H and O–H groups in total. The number of aryl methyl sites for hydroxylation is 1. The van der Waals surface area contributed by atoms with Gasteiger partial charge in [-0.15, -0.1) is 0 Å². The number of aliphatic hydroxyl groups is 1. The second-order valence-electron chi connectivity index (χ2n) is 4.74. The summed E-state index contributed by atoms with van der Waals surface area (Å²) in [6.45, 7) is 3.47. The van der Waals surface area contributed by atoms with E-state index < -0.39 is 0 Å². The van der Waals surface area contributed by atoms with Crippen LogP contribution < -0.4 is 5.32 Å². The Balaban J connectivity index is 2.10. The Kier molecular flexibility index (Phi) is 4.85. The third-order valence-corrected chi connectivity index (χ3v) is 3.11. The molecule has 0 amide bonds. The first-order valence-corrected chi connectivity index (χ1v) is 6.63. The number of nitrogens with zero attached hydrogens (tertiary/aromatic N) is 5. The van der Waals surface area contributed by atoms with E-state index in [-0.39, 0.29) is 12.5 Å². The van der Waals surface area contributed by atoms with Gasteiger partial charge in [-0.25, -0.2) is 15.0 Å². The Labute approximate surface area is 117 Å². The van der Waals surface area contributed by atoms with Gasteiger partial charge in [-0.1, -0.05) is 6.92 Å². The van der Waals surface area contributed by atoms with Crippen molar-refractivity contribution in [1.29, 1.82) is 5.26 Å². The smallest absolute Gasteiger partial charge is 0.165 e. The number of nitriles is 1. The van der Waals surface area contributed by atoms with E-state index in [0.29, 0.717) is 24.3 Å². The quantitative estimate of drug-likeness (QED) is 0.786. The van der Waals surface area contributed by atoms with Crippen LogP contribution in [0.4, 0.5) is 5.82 Å². The molecule has 0 aromatic carbocycles. The van der Waals surface area contributed by atoms with Crippen molar-refractivity contribution < 1.29 is 5.11 Å². The van der Waals surface area contributed by atoms with Crippen LogP contribution in [0.15, 0.2) is 12.7 Å². The molecule has 7 heteroatoms. The largest absolute Gasteiger partial charge is 0.396 e. The lowest BCUT2D eigenvalue weighted by Crippen LogP contribution is -2.10. The van der Waals surface area contributed by atoms with Crippen LogP contribution in [0.5, 0.6) is 0 Å². The highest BCUT2D eigenvalue weighted by molar-refractivity contribution is 5.82. The lowest BCUT2D eigenvalue weighted by Gasteiger charge is -2.09. The maximum Gasteiger partial charge on any atom is 0.165 e. The Morgan fingerprint density at radius 1 is 1.45 bits per heavy atom. The highest BCUT2D eigenvalue weighted by atomic mass is 16.3. The van der Waals surface area contributed by atoms with E-state index in [4.69, 9.17) is 10.4 Å². The maximum atomic E-state index is 8.99. The zero-order valence-corrected chi connectivity index (χ0v) is 11.5. The Morgan fingerprint density at radius 2 is 2.30 bits per heavy atom. The molecule has 0 fully saturated rings. The van der Waals surface area contributed by atoms with E-state index in [1.165, 1.54) is 6.33 Å². The number of nitrogens with one attached hydrogen (secondary N) is 1. The molecule has 0 unspecified atom stereocenters. The summed E-state index contributed by atoms with van der Waals surface area (Å²) in [7, 11) is 0. The summed E-state index contributed by atoms with van der Waals surface area (Å²) in [6.07, 6.45) is 4.45. The van der Waals surface area contributed by atoms with Gasteiger partial charge in [-0.05, 0) is 12.3 Å². The number of aromatic nitrogens is 4. The second kappa shape index (κ2) is 6.82. The van der Waals surface area contributed by atoms with Crippen molar-refractivity contribution in [1.82, 2.24) is 19.5 Å². The van der Waals surface area contributed by atoms with Crippen LogP contribution in [0.3, 0.4) is 0 Å². The number of fused-ring (bicyclic) bond motifs is 1. The molecular weight excluding hydrogens is 256 g/mol. The van der Waals surface area contributed by atoms with Gasteiger partial charge in [0.05, 0.1) is 18.8 Å². The van der Waals surface area contributed by atoms with Gasteiger partial charge in [0.2, 0.25) is 0 Å². The minimum atomic E-state index is 0.184. The first-order chi connectivity index (χ1) is 9.76. The molecule has 0 saturated carbocycles. The Hall–Kier alpha value is -2.20. The zero-order valence-electron chi connectivity index (χ0n) is 11.5. The van der Waals surface area contributed by atoms with Gasteiger partial charge in [0, 0.05) is 19.7 Å². The molecule has 0 aliphatic rings. The fourth-order valence-electron chi connectivity index (χ4n) is 1.87. The summed E-state index contributed by atoms with van der Waals surface area (Å²) in [5, 5.41) is 20.8. The van der Waals surface area contributed by atoms with Gasteiger partial charge in [-0.3, -0.25) is 0 Å². The SMILES string of the molecule is C[C@@H](CO)CCNc1ncnc2c1ncn2CCC#N. The summed E-state index contributed by atoms with van der Waals surface area (Å²) < 4.78 is 1.85. The predicted octanol–water partition coefficient (Wildman–Crippen LogP) is 1.17. The van der Waals surface area contributed by atoms with Gasteiger partial charge in [0.25, 0.3) is 0 Å².